The molecule has 9 heteroatoms. The third-order valence-corrected chi connectivity index (χ3v) is 4.53. The van der Waals surface area contributed by atoms with Crippen molar-refractivity contribution in [1.29, 1.82) is 0 Å². The smallest absolute Gasteiger partial charge is 0.339 e. The van der Waals surface area contributed by atoms with Crippen LogP contribution < -0.4 is 29.0 Å². The Kier molecular flexibility index (Phi) is 5.51. The molecule has 2 aliphatic heterocycles. The predicted octanol–water partition coefficient (Wildman–Crippen LogP) is 2.42. The molecule has 0 aromatic heterocycles. The van der Waals surface area contributed by atoms with E-state index in [9.17, 15) is 9.59 Å². The third-order valence-electron chi connectivity index (χ3n) is 4.53. The van der Waals surface area contributed by atoms with Crippen LogP contribution in [0.5, 0.6) is 28.7 Å². The SMILES string of the molecule is COc1cc(C(=O)O[C@H](C)C(=O)Nc2ccc3c(c2)OCCO3)cc2c1OCCO2. The van der Waals surface area contributed by atoms with Gasteiger partial charge in [0.2, 0.25) is 5.75 Å². The van der Waals surface area contributed by atoms with Gasteiger partial charge in [-0.2, -0.15) is 0 Å². The Hall–Kier alpha value is -3.62. The fourth-order valence-electron chi connectivity index (χ4n) is 3.04. The van der Waals surface area contributed by atoms with E-state index in [4.69, 9.17) is 28.4 Å². The monoisotopic (exact) mass is 415 g/mol. The van der Waals surface area contributed by atoms with Gasteiger partial charge in [-0.1, -0.05) is 0 Å². The molecule has 1 amide bonds. The Bertz CT molecular complexity index is 956. The molecule has 0 radical (unpaired) electrons. The number of benzene rings is 2. The van der Waals surface area contributed by atoms with Crippen molar-refractivity contribution in [3.63, 3.8) is 0 Å². The summed E-state index contributed by atoms with van der Waals surface area (Å²) in [5, 5.41) is 2.70. The number of anilines is 1. The number of esters is 1. The molecule has 0 aliphatic carbocycles. The Morgan fingerprint density at radius 3 is 2.40 bits per heavy atom. The summed E-state index contributed by atoms with van der Waals surface area (Å²) >= 11 is 0. The van der Waals surface area contributed by atoms with Crippen LogP contribution in [0.1, 0.15) is 17.3 Å². The van der Waals surface area contributed by atoms with E-state index in [1.54, 1.807) is 18.2 Å². The molecule has 2 aliphatic rings. The molecule has 2 heterocycles. The first-order valence-electron chi connectivity index (χ1n) is 9.44. The number of carbonyl (C=O) groups excluding carboxylic acids is 2. The summed E-state index contributed by atoms with van der Waals surface area (Å²) in [7, 11) is 1.46. The summed E-state index contributed by atoms with van der Waals surface area (Å²) in [6.45, 7) is 3.17. The van der Waals surface area contributed by atoms with E-state index in [1.165, 1.54) is 26.2 Å². The van der Waals surface area contributed by atoms with Crippen molar-refractivity contribution in [3.8, 4) is 28.7 Å². The third kappa shape index (κ3) is 4.05. The van der Waals surface area contributed by atoms with Crippen LogP contribution in [0.15, 0.2) is 30.3 Å². The van der Waals surface area contributed by atoms with Crippen LogP contribution in [0.2, 0.25) is 0 Å². The molecule has 1 atom stereocenters. The van der Waals surface area contributed by atoms with Gasteiger partial charge in [-0.3, -0.25) is 4.79 Å². The molecule has 9 nitrogen and oxygen atoms in total. The standard InChI is InChI=1S/C21H21NO8/c1-12(20(23)22-14-3-4-15-16(11-14)27-6-5-26-15)30-21(24)13-9-17(25-2)19-18(10-13)28-7-8-29-19/h3-4,9-12H,5-8H2,1-2H3,(H,22,23)/t12-/m1/s1. The number of hydrogen-bond acceptors (Lipinski definition) is 8. The van der Waals surface area contributed by atoms with E-state index in [2.05, 4.69) is 5.32 Å². The van der Waals surface area contributed by atoms with Gasteiger partial charge in [0.05, 0.1) is 12.7 Å². The highest BCUT2D eigenvalue weighted by atomic mass is 16.6. The first-order valence-corrected chi connectivity index (χ1v) is 9.44. The lowest BCUT2D eigenvalue weighted by molar-refractivity contribution is -0.123. The van der Waals surface area contributed by atoms with E-state index in [-0.39, 0.29) is 5.56 Å². The molecule has 2 aromatic rings. The zero-order valence-electron chi connectivity index (χ0n) is 16.6. The summed E-state index contributed by atoms with van der Waals surface area (Å²) in [5.41, 5.74) is 0.697. The number of ether oxygens (including phenoxy) is 6. The minimum atomic E-state index is -1.04. The molecule has 0 fully saturated rings. The van der Waals surface area contributed by atoms with Gasteiger partial charge in [-0.15, -0.1) is 0 Å². The second-order valence-corrected chi connectivity index (χ2v) is 6.60. The summed E-state index contributed by atoms with van der Waals surface area (Å²) in [6.07, 6.45) is -1.04. The number of hydrogen-bond donors (Lipinski definition) is 1. The van der Waals surface area contributed by atoms with Crippen LogP contribution in [0, 0.1) is 0 Å². The zero-order valence-corrected chi connectivity index (χ0v) is 16.6. The number of carbonyl (C=O) groups is 2. The summed E-state index contributed by atoms with van der Waals surface area (Å²) in [5.74, 6) is 1.18. The largest absolute Gasteiger partial charge is 0.493 e. The van der Waals surface area contributed by atoms with Crippen LogP contribution in [0.3, 0.4) is 0 Å². The summed E-state index contributed by atoms with van der Waals surface area (Å²) in [4.78, 5) is 25.0. The minimum Gasteiger partial charge on any atom is -0.493 e. The molecule has 0 unspecified atom stereocenters. The van der Waals surface area contributed by atoms with Crippen molar-refractivity contribution in [2.75, 3.05) is 38.9 Å². The molecular weight excluding hydrogens is 394 g/mol. The Labute approximate surface area is 172 Å². The molecule has 2 aromatic carbocycles. The maximum absolute atomic E-state index is 12.6. The van der Waals surface area contributed by atoms with Crippen molar-refractivity contribution in [3.05, 3.63) is 35.9 Å². The van der Waals surface area contributed by atoms with Crippen LogP contribution in [-0.2, 0) is 9.53 Å². The molecule has 158 valence electrons. The van der Waals surface area contributed by atoms with Crippen LogP contribution in [-0.4, -0.2) is 51.5 Å². The van der Waals surface area contributed by atoms with Gasteiger partial charge in [0.1, 0.15) is 26.4 Å². The van der Waals surface area contributed by atoms with Crippen LogP contribution >= 0.6 is 0 Å². The first kappa shape index (κ1) is 19.7. The average molecular weight is 415 g/mol. The van der Waals surface area contributed by atoms with Gasteiger partial charge in [-0.05, 0) is 31.2 Å². The lowest BCUT2D eigenvalue weighted by Crippen LogP contribution is -2.30. The van der Waals surface area contributed by atoms with Gasteiger partial charge in [0.15, 0.2) is 29.1 Å². The van der Waals surface area contributed by atoms with Crippen molar-refractivity contribution >= 4 is 17.6 Å². The lowest BCUT2D eigenvalue weighted by atomic mass is 10.1. The van der Waals surface area contributed by atoms with Gasteiger partial charge < -0.3 is 33.7 Å². The highest BCUT2D eigenvalue weighted by Gasteiger charge is 2.24. The van der Waals surface area contributed by atoms with E-state index >= 15 is 0 Å². The van der Waals surface area contributed by atoms with Crippen molar-refractivity contribution < 1.29 is 38.0 Å². The van der Waals surface area contributed by atoms with Gasteiger partial charge in [0.25, 0.3) is 5.91 Å². The van der Waals surface area contributed by atoms with Crippen molar-refractivity contribution in [1.82, 2.24) is 0 Å². The second-order valence-electron chi connectivity index (χ2n) is 6.60. The number of amides is 1. The molecule has 0 saturated heterocycles. The summed E-state index contributed by atoms with van der Waals surface area (Å²) in [6, 6.07) is 8.05. The first-order chi connectivity index (χ1) is 14.5. The molecule has 0 spiro atoms. The average Bonchev–Trinajstić information content (AvgIpc) is 2.78. The molecular formula is C21H21NO8. The maximum Gasteiger partial charge on any atom is 0.339 e. The van der Waals surface area contributed by atoms with Crippen LogP contribution in [0.25, 0.3) is 0 Å². The summed E-state index contributed by atoms with van der Waals surface area (Å²) < 4.78 is 32.6. The number of nitrogens with one attached hydrogen (secondary N) is 1. The Morgan fingerprint density at radius 1 is 0.933 bits per heavy atom. The number of rotatable bonds is 5. The van der Waals surface area contributed by atoms with Gasteiger partial charge in [-0.25, -0.2) is 4.79 Å². The van der Waals surface area contributed by atoms with Crippen molar-refractivity contribution in [2.45, 2.75) is 13.0 Å². The molecule has 1 N–H and O–H groups in total. The van der Waals surface area contributed by atoms with E-state index in [1.807, 2.05) is 0 Å². The predicted molar refractivity (Wildman–Crippen MR) is 105 cm³/mol. The van der Waals surface area contributed by atoms with E-state index in [0.717, 1.165) is 0 Å². The topological polar surface area (TPSA) is 102 Å². The number of fused-ring (bicyclic) bond motifs is 2. The zero-order chi connectivity index (χ0) is 21.1. The second kappa shape index (κ2) is 8.40. The maximum atomic E-state index is 12.6. The highest BCUT2D eigenvalue weighted by Crippen LogP contribution is 2.40. The lowest BCUT2D eigenvalue weighted by Gasteiger charge is -2.21. The molecule has 30 heavy (non-hydrogen) atoms. The Balaban J connectivity index is 1.42. The molecule has 0 bridgehead atoms. The van der Waals surface area contributed by atoms with E-state index < -0.39 is 18.0 Å². The quantitative estimate of drug-likeness (QED) is 0.743. The normalized spacial score (nSPS) is 15.0. The molecule has 4 rings (SSSR count). The fourth-order valence-corrected chi connectivity index (χ4v) is 3.04. The van der Waals surface area contributed by atoms with Gasteiger partial charge in [0, 0.05) is 11.8 Å². The van der Waals surface area contributed by atoms with Crippen LogP contribution in [0.4, 0.5) is 5.69 Å². The van der Waals surface area contributed by atoms with Gasteiger partial charge >= 0.3 is 5.97 Å². The highest BCUT2D eigenvalue weighted by molar-refractivity contribution is 5.98. The molecule has 0 saturated carbocycles. The Morgan fingerprint density at radius 2 is 1.63 bits per heavy atom. The fraction of sp³-hybridized carbons (Fsp3) is 0.333. The minimum absolute atomic E-state index is 0.190. The van der Waals surface area contributed by atoms with Crippen molar-refractivity contribution in [2.24, 2.45) is 0 Å². The number of methoxy groups -OCH3 is 1. The van der Waals surface area contributed by atoms with E-state index in [0.29, 0.717) is 60.9 Å².